The molecule has 0 unspecified atom stereocenters. The molecular weight excluding hydrogens is 330 g/mol. The molecule has 10 nitrogen and oxygen atoms in total. The summed E-state index contributed by atoms with van der Waals surface area (Å²) in [6, 6.07) is 6.65. The van der Waals surface area contributed by atoms with Crippen molar-refractivity contribution >= 4 is 23.7 Å². The highest BCUT2D eigenvalue weighted by atomic mass is 16.6. The monoisotopic (exact) mass is 343 g/mol. The number of carbonyl (C=O) groups excluding carboxylic acids is 2. The van der Waals surface area contributed by atoms with E-state index in [9.17, 15) is 24.8 Å². The van der Waals surface area contributed by atoms with Crippen LogP contribution in [0.5, 0.6) is 5.75 Å². The van der Waals surface area contributed by atoms with Gasteiger partial charge in [0, 0.05) is 29.6 Å². The van der Waals surface area contributed by atoms with Crippen molar-refractivity contribution in [3.05, 3.63) is 64.0 Å². The normalized spacial score (nSPS) is 10.4. The number of phenols is 1. The number of phenolic OH excluding ortho intramolecular Hbond substituents is 1. The second kappa shape index (κ2) is 8.15. The highest BCUT2D eigenvalue weighted by Crippen LogP contribution is 2.25. The number of nitro groups is 1. The van der Waals surface area contributed by atoms with Crippen LogP contribution in [-0.2, 0) is 4.79 Å². The fourth-order valence-corrected chi connectivity index (χ4v) is 1.75. The van der Waals surface area contributed by atoms with Crippen LogP contribution in [0.4, 0.5) is 5.69 Å². The maximum atomic E-state index is 11.7. The fourth-order valence-electron chi connectivity index (χ4n) is 1.75. The fraction of sp³-hybridized carbons (Fsp3) is 0.0667. The first-order valence-corrected chi connectivity index (χ1v) is 6.95. The van der Waals surface area contributed by atoms with Crippen LogP contribution >= 0.6 is 0 Å². The zero-order valence-corrected chi connectivity index (χ0v) is 12.7. The minimum Gasteiger partial charge on any atom is -0.502 e. The molecule has 0 bridgehead atoms. The first kappa shape index (κ1) is 17.5. The molecule has 2 amide bonds. The Hall–Kier alpha value is -3.82. The van der Waals surface area contributed by atoms with Gasteiger partial charge in [0.05, 0.1) is 17.7 Å². The number of benzene rings is 1. The molecule has 1 aromatic carbocycles. The number of hydrogen-bond donors (Lipinski definition) is 3. The average molecular weight is 343 g/mol. The number of nitrogens with zero attached hydrogens (tertiary/aromatic N) is 3. The van der Waals surface area contributed by atoms with Crippen LogP contribution in [0, 0.1) is 10.1 Å². The van der Waals surface area contributed by atoms with Crippen LogP contribution in [0.25, 0.3) is 0 Å². The summed E-state index contributed by atoms with van der Waals surface area (Å²) in [6.45, 7) is -0.297. The molecule has 3 N–H and O–H groups in total. The standard InChI is InChI=1S/C15H13N5O5/c21-13-2-1-10(7-12(13)20(24)25)8-18-19-14(22)9-17-15(23)11-3-5-16-6-4-11/h1-8,21H,9H2,(H,17,23)(H,19,22). The lowest BCUT2D eigenvalue weighted by molar-refractivity contribution is -0.385. The molecule has 0 aliphatic heterocycles. The summed E-state index contributed by atoms with van der Waals surface area (Å²) in [6.07, 6.45) is 4.08. The third-order valence-electron chi connectivity index (χ3n) is 2.95. The van der Waals surface area contributed by atoms with E-state index < -0.39 is 28.2 Å². The molecule has 0 saturated heterocycles. The summed E-state index contributed by atoms with van der Waals surface area (Å²) < 4.78 is 0. The van der Waals surface area contributed by atoms with Crippen molar-refractivity contribution in [1.82, 2.24) is 15.7 Å². The molecule has 2 rings (SSSR count). The molecule has 0 aliphatic carbocycles. The number of nitro benzene ring substituents is 1. The number of rotatable bonds is 6. The molecule has 0 fully saturated rings. The van der Waals surface area contributed by atoms with E-state index in [1.54, 1.807) is 0 Å². The predicted octanol–water partition coefficient (Wildman–Crippen LogP) is 0.575. The Labute approximate surface area is 141 Å². The highest BCUT2D eigenvalue weighted by molar-refractivity contribution is 5.96. The molecule has 1 aromatic heterocycles. The van der Waals surface area contributed by atoms with Gasteiger partial charge in [-0.25, -0.2) is 5.43 Å². The minimum atomic E-state index is -0.736. The van der Waals surface area contributed by atoms with Gasteiger partial charge in [-0.1, -0.05) is 0 Å². The van der Waals surface area contributed by atoms with Crippen LogP contribution in [0.1, 0.15) is 15.9 Å². The lowest BCUT2D eigenvalue weighted by Gasteiger charge is -2.03. The van der Waals surface area contributed by atoms with Gasteiger partial charge in [-0.15, -0.1) is 0 Å². The van der Waals surface area contributed by atoms with Crippen molar-refractivity contribution in [2.45, 2.75) is 0 Å². The van der Waals surface area contributed by atoms with E-state index >= 15 is 0 Å². The molecule has 0 spiro atoms. The van der Waals surface area contributed by atoms with Gasteiger partial charge in [0.1, 0.15) is 0 Å². The van der Waals surface area contributed by atoms with E-state index in [1.807, 2.05) is 0 Å². The van der Waals surface area contributed by atoms with Crippen molar-refractivity contribution < 1.29 is 19.6 Å². The molecule has 128 valence electrons. The Kier molecular flexibility index (Phi) is 5.72. The number of aromatic hydroxyl groups is 1. The first-order chi connectivity index (χ1) is 12.0. The second-order valence-corrected chi connectivity index (χ2v) is 4.72. The number of pyridine rings is 1. The maximum Gasteiger partial charge on any atom is 0.311 e. The van der Waals surface area contributed by atoms with Crippen LogP contribution < -0.4 is 10.7 Å². The van der Waals surface area contributed by atoms with Gasteiger partial charge in [0.25, 0.3) is 11.8 Å². The molecule has 0 aliphatic rings. The zero-order chi connectivity index (χ0) is 18.2. The topological polar surface area (TPSA) is 147 Å². The zero-order valence-electron chi connectivity index (χ0n) is 12.7. The largest absolute Gasteiger partial charge is 0.502 e. The summed E-state index contributed by atoms with van der Waals surface area (Å²) >= 11 is 0. The minimum absolute atomic E-state index is 0.297. The van der Waals surface area contributed by atoms with Crippen LogP contribution in [0.3, 0.4) is 0 Å². The molecule has 10 heteroatoms. The highest BCUT2D eigenvalue weighted by Gasteiger charge is 2.12. The smallest absolute Gasteiger partial charge is 0.311 e. The summed E-state index contributed by atoms with van der Waals surface area (Å²) in [7, 11) is 0. The van der Waals surface area contributed by atoms with E-state index in [1.165, 1.54) is 36.8 Å². The maximum absolute atomic E-state index is 11.7. The Bertz CT molecular complexity index is 822. The van der Waals surface area contributed by atoms with Crippen LogP contribution in [-0.4, -0.2) is 39.6 Å². The quantitative estimate of drug-likeness (QED) is 0.397. The van der Waals surface area contributed by atoms with Crippen LogP contribution in [0.2, 0.25) is 0 Å². The van der Waals surface area contributed by atoms with Gasteiger partial charge in [0.2, 0.25) is 0 Å². The van der Waals surface area contributed by atoms with Crippen molar-refractivity contribution in [2.24, 2.45) is 5.10 Å². The Morgan fingerprint density at radius 3 is 2.68 bits per heavy atom. The Morgan fingerprint density at radius 2 is 2.00 bits per heavy atom. The van der Waals surface area contributed by atoms with E-state index in [2.05, 4.69) is 20.8 Å². The van der Waals surface area contributed by atoms with Gasteiger partial charge in [-0.05, 0) is 24.3 Å². The van der Waals surface area contributed by atoms with Crippen molar-refractivity contribution in [3.63, 3.8) is 0 Å². The third-order valence-corrected chi connectivity index (χ3v) is 2.95. The molecule has 25 heavy (non-hydrogen) atoms. The Balaban J connectivity index is 1.85. The number of aromatic nitrogens is 1. The second-order valence-electron chi connectivity index (χ2n) is 4.72. The number of hydrogen-bond acceptors (Lipinski definition) is 7. The Morgan fingerprint density at radius 1 is 1.28 bits per heavy atom. The number of nitrogens with one attached hydrogen (secondary N) is 2. The van der Waals surface area contributed by atoms with Crippen molar-refractivity contribution in [2.75, 3.05) is 6.54 Å². The lowest BCUT2D eigenvalue weighted by atomic mass is 10.2. The third kappa shape index (κ3) is 5.10. The summed E-state index contributed by atoms with van der Waals surface area (Å²) in [5, 5.41) is 26.1. The van der Waals surface area contributed by atoms with E-state index in [-0.39, 0.29) is 6.54 Å². The molecule has 1 heterocycles. The molecule has 0 atom stereocenters. The van der Waals surface area contributed by atoms with Gasteiger partial charge in [-0.2, -0.15) is 5.10 Å². The number of amides is 2. The average Bonchev–Trinajstić information content (AvgIpc) is 2.61. The summed E-state index contributed by atoms with van der Waals surface area (Å²) in [5.41, 5.74) is 2.37. The number of carbonyl (C=O) groups is 2. The molecule has 2 aromatic rings. The van der Waals surface area contributed by atoms with Gasteiger partial charge in [-0.3, -0.25) is 24.7 Å². The lowest BCUT2D eigenvalue weighted by Crippen LogP contribution is -2.34. The van der Waals surface area contributed by atoms with Gasteiger partial charge >= 0.3 is 5.69 Å². The van der Waals surface area contributed by atoms with Crippen molar-refractivity contribution in [1.29, 1.82) is 0 Å². The molecule has 0 saturated carbocycles. The first-order valence-electron chi connectivity index (χ1n) is 6.95. The van der Waals surface area contributed by atoms with Crippen molar-refractivity contribution in [3.8, 4) is 5.75 Å². The van der Waals surface area contributed by atoms with Gasteiger partial charge in [0.15, 0.2) is 5.75 Å². The summed E-state index contributed by atoms with van der Waals surface area (Å²) in [4.78, 5) is 37.1. The SMILES string of the molecule is O=C(CNC(=O)c1ccncc1)NN=Cc1ccc(O)c([N+](=O)[O-])c1. The van der Waals surface area contributed by atoms with Crippen LogP contribution in [0.15, 0.2) is 47.8 Å². The molecule has 0 radical (unpaired) electrons. The number of hydrazone groups is 1. The molecular formula is C15H13N5O5. The van der Waals surface area contributed by atoms with E-state index in [0.29, 0.717) is 11.1 Å². The predicted molar refractivity (Wildman–Crippen MR) is 87.1 cm³/mol. The summed E-state index contributed by atoms with van der Waals surface area (Å²) in [5.74, 6) is -1.48. The van der Waals surface area contributed by atoms with Gasteiger partial charge < -0.3 is 10.4 Å². The van der Waals surface area contributed by atoms with E-state index in [0.717, 1.165) is 12.1 Å². The van der Waals surface area contributed by atoms with E-state index in [4.69, 9.17) is 0 Å².